The van der Waals surface area contributed by atoms with Crippen molar-refractivity contribution in [2.24, 2.45) is 5.92 Å². The van der Waals surface area contributed by atoms with Crippen LogP contribution in [0.1, 0.15) is 25.3 Å². The van der Waals surface area contributed by atoms with Crippen molar-refractivity contribution in [3.8, 4) is 11.5 Å². The summed E-state index contributed by atoms with van der Waals surface area (Å²) in [4.78, 5) is 19.7. The van der Waals surface area contributed by atoms with E-state index in [4.69, 9.17) is 4.74 Å². The van der Waals surface area contributed by atoms with E-state index in [0.717, 1.165) is 70.8 Å². The second kappa shape index (κ2) is 9.26. The molecule has 1 aromatic rings. The number of hydrogen-bond donors (Lipinski definition) is 1. The molecule has 2 heterocycles. The van der Waals surface area contributed by atoms with Crippen molar-refractivity contribution in [2.45, 2.75) is 26.3 Å². The number of nitrogens with zero attached hydrogens (tertiary/aromatic N) is 3. The van der Waals surface area contributed by atoms with Gasteiger partial charge in [0, 0.05) is 38.6 Å². The minimum Gasteiger partial charge on any atom is -0.503 e. The van der Waals surface area contributed by atoms with Crippen LogP contribution < -0.4 is 4.74 Å². The Morgan fingerprint density at radius 3 is 2.41 bits per heavy atom. The molecule has 0 aromatic heterocycles. The number of methoxy groups -OCH3 is 1. The van der Waals surface area contributed by atoms with Gasteiger partial charge in [0.1, 0.15) is 0 Å². The molecule has 0 unspecified atom stereocenters. The van der Waals surface area contributed by atoms with E-state index in [0.29, 0.717) is 16.1 Å². The maximum Gasteiger partial charge on any atom is 0.225 e. The highest BCUT2D eigenvalue weighted by atomic mass is 79.9. The molecule has 0 saturated carbocycles. The Hall–Kier alpha value is -1.31. The fourth-order valence-electron chi connectivity index (χ4n) is 4.01. The largest absolute Gasteiger partial charge is 0.503 e. The minimum absolute atomic E-state index is 0.133. The van der Waals surface area contributed by atoms with Crippen LogP contribution in [0.25, 0.3) is 0 Å². The number of likely N-dealkylation sites (N-methyl/N-ethyl adjacent to an activating group) is 1. The molecule has 0 atom stereocenters. The fraction of sp³-hybridized carbons (Fsp3) is 0.650. The summed E-state index contributed by atoms with van der Waals surface area (Å²) < 4.78 is 5.88. The molecule has 0 aliphatic carbocycles. The number of rotatable bonds is 5. The van der Waals surface area contributed by atoms with Gasteiger partial charge in [0.15, 0.2) is 11.5 Å². The van der Waals surface area contributed by atoms with E-state index >= 15 is 0 Å². The summed E-state index contributed by atoms with van der Waals surface area (Å²) in [6.45, 7) is 9.62. The number of aromatic hydroxyl groups is 1. The highest BCUT2D eigenvalue weighted by Crippen LogP contribution is 2.35. The van der Waals surface area contributed by atoms with Crippen LogP contribution in [0.2, 0.25) is 0 Å². The molecule has 2 aliphatic heterocycles. The SMILES string of the molecule is CCN1CCN(C(=O)C2CCN(Cc3cc(Br)c(O)c(OC)c3)CC2)CC1. The third-order valence-electron chi connectivity index (χ3n) is 5.78. The van der Waals surface area contributed by atoms with E-state index < -0.39 is 0 Å². The first-order valence-corrected chi connectivity index (χ1v) is 10.6. The molecule has 0 bridgehead atoms. The first-order chi connectivity index (χ1) is 13.0. The molecule has 3 rings (SSSR count). The number of piperidine rings is 1. The number of halogens is 1. The summed E-state index contributed by atoms with van der Waals surface area (Å²) in [6.07, 6.45) is 1.84. The molecule has 0 radical (unpaired) electrons. The maximum absolute atomic E-state index is 12.8. The van der Waals surface area contributed by atoms with Gasteiger partial charge in [-0.15, -0.1) is 0 Å². The van der Waals surface area contributed by atoms with Crippen molar-refractivity contribution in [2.75, 3.05) is 52.9 Å². The molecule has 2 aliphatic rings. The first-order valence-electron chi connectivity index (χ1n) is 9.80. The van der Waals surface area contributed by atoms with Gasteiger partial charge in [0.2, 0.25) is 5.91 Å². The van der Waals surface area contributed by atoms with Crippen molar-refractivity contribution in [1.82, 2.24) is 14.7 Å². The molecule has 0 spiro atoms. The first kappa shape index (κ1) is 20.4. The molecule has 1 amide bonds. The number of piperazine rings is 1. The zero-order valence-electron chi connectivity index (χ0n) is 16.3. The Bertz CT molecular complexity index is 654. The van der Waals surface area contributed by atoms with E-state index in [9.17, 15) is 9.90 Å². The summed E-state index contributed by atoms with van der Waals surface area (Å²) in [5, 5.41) is 9.95. The van der Waals surface area contributed by atoms with E-state index in [1.165, 1.54) is 0 Å². The molecular weight excluding hydrogens is 410 g/mol. The Balaban J connectivity index is 1.50. The number of phenolic OH excluding ortho intramolecular Hbond substituents is 1. The summed E-state index contributed by atoms with van der Waals surface area (Å²) in [7, 11) is 1.56. The van der Waals surface area contributed by atoms with Gasteiger partial charge in [-0.2, -0.15) is 0 Å². The van der Waals surface area contributed by atoms with Gasteiger partial charge in [-0.3, -0.25) is 9.69 Å². The average Bonchev–Trinajstić information content (AvgIpc) is 2.70. The summed E-state index contributed by atoms with van der Waals surface area (Å²) in [6, 6.07) is 3.81. The molecule has 1 aromatic carbocycles. The second-order valence-electron chi connectivity index (χ2n) is 7.44. The van der Waals surface area contributed by atoms with Gasteiger partial charge in [0.05, 0.1) is 11.6 Å². The summed E-state index contributed by atoms with van der Waals surface area (Å²) >= 11 is 3.38. The zero-order valence-corrected chi connectivity index (χ0v) is 17.9. The van der Waals surface area contributed by atoms with Crippen LogP contribution in [0.3, 0.4) is 0 Å². The van der Waals surface area contributed by atoms with E-state index in [1.807, 2.05) is 12.1 Å². The van der Waals surface area contributed by atoms with E-state index in [2.05, 4.69) is 37.6 Å². The van der Waals surface area contributed by atoms with Crippen molar-refractivity contribution in [1.29, 1.82) is 0 Å². The number of ether oxygens (including phenoxy) is 1. The zero-order chi connectivity index (χ0) is 19.4. The Labute approximate surface area is 170 Å². The topological polar surface area (TPSA) is 56.2 Å². The lowest BCUT2D eigenvalue weighted by atomic mass is 9.94. The molecule has 2 fully saturated rings. The van der Waals surface area contributed by atoms with Crippen LogP contribution in [0, 0.1) is 5.92 Å². The molecule has 6 nitrogen and oxygen atoms in total. The third-order valence-corrected chi connectivity index (χ3v) is 6.39. The fourth-order valence-corrected chi connectivity index (χ4v) is 4.50. The van der Waals surface area contributed by atoms with Gasteiger partial charge in [-0.05, 0) is 66.1 Å². The van der Waals surface area contributed by atoms with Crippen LogP contribution in [-0.2, 0) is 11.3 Å². The lowest BCUT2D eigenvalue weighted by Crippen LogP contribution is -2.51. The van der Waals surface area contributed by atoms with Crippen LogP contribution in [0.5, 0.6) is 11.5 Å². The normalized spacial score (nSPS) is 20.0. The van der Waals surface area contributed by atoms with Crippen molar-refractivity contribution >= 4 is 21.8 Å². The van der Waals surface area contributed by atoms with Crippen LogP contribution in [0.4, 0.5) is 0 Å². The smallest absolute Gasteiger partial charge is 0.225 e. The molecule has 7 heteroatoms. The van der Waals surface area contributed by atoms with Gasteiger partial charge >= 0.3 is 0 Å². The molecule has 1 N–H and O–H groups in total. The van der Waals surface area contributed by atoms with Gasteiger partial charge in [0.25, 0.3) is 0 Å². The number of amides is 1. The standard InChI is InChI=1S/C20H30BrN3O3/c1-3-22-8-10-24(11-9-22)20(26)16-4-6-23(7-5-16)14-15-12-17(21)19(25)18(13-15)27-2/h12-13,16,25H,3-11,14H2,1-2H3. The van der Waals surface area contributed by atoms with Crippen molar-refractivity contribution < 1.29 is 14.6 Å². The van der Waals surface area contributed by atoms with Crippen molar-refractivity contribution in [3.63, 3.8) is 0 Å². The number of hydrogen-bond acceptors (Lipinski definition) is 5. The monoisotopic (exact) mass is 439 g/mol. The predicted octanol–water partition coefficient (Wildman–Crippen LogP) is 2.54. The Kier molecular flexibility index (Phi) is 7.00. The third kappa shape index (κ3) is 4.95. The van der Waals surface area contributed by atoms with Crippen LogP contribution >= 0.6 is 15.9 Å². The number of likely N-dealkylation sites (tertiary alicyclic amines) is 1. The average molecular weight is 440 g/mol. The molecular formula is C20H30BrN3O3. The summed E-state index contributed by atoms with van der Waals surface area (Å²) in [5.74, 6) is 1.12. The second-order valence-corrected chi connectivity index (χ2v) is 8.29. The Morgan fingerprint density at radius 2 is 1.81 bits per heavy atom. The predicted molar refractivity (Wildman–Crippen MR) is 109 cm³/mol. The Morgan fingerprint density at radius 1 is 1.15 bits per heavy atom. The minimum atomic E-state index is 0.133. The highest BCUT2D eigenvalue weighted by Gasteiger charge is 2.30. The highest BCUT2D eigenvalue weighted by molar-refractivity contribution is 9.10. The molecule has 150 valence electrons. The number of benzene rings is 1. The van der Waals surface area contributed by atoms with Crippen molar-refractivity contribution in [3.05, 3.63) is 22.2 Å². The van der Waals surface area contributed by atoms with Gasteiger partial charge in [-0.1, -0.05) is 6.92 Å². The molecule has 27 heavy (non-hydrogen) atoms. The van der Waals surface area contributed by atoms with E-state index in [1.54, 1.807) is 7.11 Å². The lowest BCUT2D eigenvalue weighted by Gasteiger charge is -2.38. The number of carbonyl (C=O) groups is 1. The quantitative estimate of drug-likeness (QED) is 0.763. The number of carbonyl (C=O) groups excluding carboxylic acids is 1. The van der Waals surface area contributed by atoms with Gasteiger partial charge < -0.3 is 19.6 Å². The van der Waals surface area contributed by atoms with Gasteiger partial charge in [-0.25, -0.2) is 0 Å². The number of phenols is 1. The van der Waals surface area contributed by atoms with Crippen LogP contribution in [-0.4, -0.2) is 78.6 Å². The summed E-state index contributed by atoms with van der Waals surface area (Å²) in [5.41, 5.74) is 1.09. The maximum atomic E-state index is 12.8. The van der Waals surface area contributed by atoms with Crippen LogP contribution in [0.15, 0.2) is 16.6 Å². The lowest BCUT2D eigenvalue weighted by molar-refractivity contribution is -0.138. The molecule has 2 saturated heterocycles. The van der Waals surface area contributed by atoms with E-state index in [-0.39, 0.29) is 11.7 Å².